The van der Waals surface area contributed by atoms with Crippen LogP contribution in [0, 0.1) is 11.8 Å². The van der Waals surface area contributed by atoms with E-state index in [1.54, 1.807) is 16.9 Å². The molecule has 1 saturated heterocycles. The first-order valence-corrected chi connectivity index (χ1v) is 7.13. The number of aromatic nitrogens is 2. The van der Waals surface area contributed by atoms with Crippen molar-refractivity contribution in [3.8, 4) is 0 Å². The standard InChI is InChI=1S/C14H24N4O/c1-11(2)12-4-3-7-17(8-5-12)14(19)10-18-9-6-13(15)16-18/h6,9,11-12H,3-5,7-8,10H2,1-2H3,(H2,15,16). The Morgan fingerprint density at radius 3 is 2.89 bits per heavy atom. The molecule has 1 aromatic heterocycles. The van der Waals surface area contributed by atoms with Crippen molar-refractivity contribution in [1.82, 2.24) is 14.7 Å². The lowest BCUT2D eigenvalue weighted by molar-refractivity contribution is -0.132. The molecular formula is C14H24N4O. The Bertz CT molecular complexity index is 427. The molecule has 2 rings (SSSR count). The van der Waals surface area contributed by atoms with Crippen LogP contribution in [0.25, 0.3) is 0 Å². The molecular weight excluding hydrogens is 240 g/mol. The number of carbonyl (C=O) groups is 1. The summed E-state index contributed by atoms with van der Waals surface area (Å²) in [6.07, 6.45) is 5.21. The highest BCUT2D eigenvalue weighted by Gasteiger charge is 2.22. The molecule has 1 aromatic rings. The minimum absolute atomic E-state index is 0.146. The SMILES string of the molecule is CC(C)C1CCCN(C(=O)Cn2ccc(N)n2)CC1. The maximum absolute atomic E-state index is 12.2. The Labute approximate surface area is 114 Å². The van der Waals surface area contributed by atoms with Crippen LogP contribution < -0.4 is 5.73 Å². The molecule has 0 spiro atoms. The summed E-state index contributed by atoms with van der Waals surface area (Å²) in [4.78, 5) is 14.2. The fourth-order valence-corrected chi connectivity index (χ4v) is 2.74. The van der Waals surface area contributed by atoms with Crippen molar-refractivity contribution in [2.24, 2.45) is 11.8 Å². The van der Waals surface area contributed by atoms with Crippen LogP contribution in [0.4, 0.5) is 5.82 Å². The number of nitrogen functional groups attached to an aromatic ring is 1. The fraction of sp³-hybridized carbons (Fsp3) is 0.714. The van der Waals surface area contributed by atoms with Crippen molar-refractivity contribution in [2.45, 2.75) is 39.7 Å². The van der Waals surface area contributed by atoms with Gasteiger partial charge < -0.3 is 10.6 Å². The summed E-state index contributed by atoms with van der Waals surface area (Å²) in [5, 5.41) is 4.06. The Balaban J connectivity index is 1.89. The topological polar surface area (TPSA) is 64.2 Å². The Morgan fingerprint density at radius 2 is 2.26 bits per heavy atom. The number of hydrogen-bond acceptors (Lipinski definition) is 3. The molecule has 0 aromatic carbocycles. The number of carbonyl (C=O) groups excluding carboxylic acids is 1. The number of amides is 1. The maximum atomic E-state index is 12.2. The van der Waals surface area contributed by atoms with Gasteiger partial charge in [0, 0.05) is 19.3 Å². The van der Waals surface area contributed by atoms with E-state index in [1.165, 1.54) is 6.42 Å². The van der Waals surface area contributed by atoms with Gasteiger partial charge in [0.25, 0.3) is 0 Å². The highest BCUT2D eigenvalue weighted by Crippen LogP contribution is 2.24. The minimum atomic E-state index is 0.146. The molecule has 5 nitrogen and oxygen atoms in total. The van der Waals surface area contributed by atoms with Crippen LogP contribution in [0.2, 0.25) is 0 Å². The molecule has 0 aliphatic carbocycles. The second-order valence-corrected chi connectivity index (χ2v) is 5.75. The second kappa shape index (κ2) is 6.08. The average molecular weight is 264 g/mol. The number of rotatable bonds is 3. The lowest BCUT2D eigenvalue weighted by Crippen LogP contribution is -2.35. The van der Waals surface area contributed by atoms with Gasteiger partial charge in [0.15, 0.2) is 0 Å². The van der Waals surface area contributed by atoms with E-state index >= 15 is 0 Å². The summed E-state index contributed by atoms with van der Waals surface area (Å²) in [6.45, 7) is 6.59. The Kier molecular flexibility index (Phi) is 4.45. The average Bonchev–Trinajstić information content (AvgIpc) is 2.65. The van der Waals surface area contributed by atoms with Crippen LogP contribution in [0.3, 0.4) is 0 Å². The zero-order valence-electron chi connectivity index (χ0n) is 11.9. The zero-order valence-corrected chi connectivity index (χ0v) is 11.9. The molecule has 1 aliphatic rings. The molecule has 5 heteroatoms. The van der Waals surface area contributed by atoms with E-state index in [2.05, 4.69) is 18.9 Å². The van der Waals surface area contributed by atoms with Crippen LogP contribution in [-0.4, -0.2) is 33.7 Å². The van der Waals surface area contributed by atoms with E-state index in [-0.39, 0.29) is 5.91 Å². The molecule has 1 aliphatic heterocycles. The zero-order chi connectivity index (χ0) is 13.8. The molecule has 1 amide bonds. The van der Waals surface area contributed by atoms with Gasteiger partial charge in [-0.3, -0.25) is 9.48 Å². The van der Waals surface area contributed by atoms with E-state index in [0.717, 1.165) is 31.8 Å². The number of nitrogens with two attached hydrogens (primary N) is 1. The van der Waals surface area contributed by atoms with Gasteiger partial charge >= 0.3 is 0 Å². The first kappa shape index (κ1) is 13.9. The van der Waals surface area contributed by atoms with Crippen molar-refractivity contribution in [3.05, 3.63) is 12.3 Å². The molecule has 2 heterocycles. The van der Waals surface area contributed by atoms with E-state index in [0.29, 0.717) is 18.3 Å². The van der Waals surface area contributed by atoms with Crippen LogP contribution >= 0.6 is 0 Å². The van der Waals surface area contributed by atoms with E-state index in [4.69, 9.17) is 5.73 Å². The third kappa shape index (κ3) is 3.72. The fourth-order valence-electron chi connectivity index (χ4n) is 2.74. The third-order valence-electron chi connectivity index (χ3n) is 4.03. The van der Waals surface area contributed by atoms with Crippen LogP contribution in [-0.2, 0) is 11.3 Å². The lowest BCUT2D eigenvalue weighted by atomic mass is 9.89. The van der Waals surface area contributed by atoms with Gasteiger partial charge in [-0.15, -0.1) is 0 Å². The predicted molar refractivity (Wildman–Crippen MR) is 75.4 cm³/mol. The molecule has 1 unspecified atom stereocenters. The van der Waals surface area contributed by atoms with Gasteiger partial charge in [-0.2, -0.15) is 5.10 Å². The molecule has 0 bridgehead atoms. The van der Waals surface area contributed by atoms with Crippen LogP contribution in [0.5, 0.6) is 0 Å². The summed E-state index contributed by atoms with van der Waals surface area (Å²) < 4.78 is 1.61. The smallest absolute Gasteiger partial charge is 0.244 e. The van der Waals surface area contributed by atoms with E-state index < -0.39 is 0 Å². The molecule has 0 saturated carbocycles. The number of hydrogen-bond donors (Lipinski definition) is 1. The minimum Gasteiger partial charge on any atom is -0.382 e. The quantitative estimate of drug-likeness (QED) is 0.904. The maximum Gasteiger partial charge on any atom is 0.244 e. The normalized spacial score (nSPS) is 20.6. The van der Waals surface area contributed by atoms with Gasteiger partial charge in [-0.25, -0.2) is 0 Å². The highest BCUT2D eigenvalue weighted by atomic mass is 16.2. The molecule has 2 N–H and O–H groups in total. The van der Waals surface area contributed by atoms with E-state index in [9.17, 15) is 4.79 Å². The summed E-state index contributed by atoms with van der Waals surface area (Å²) in [5.41, 5.74) is 5.55. The molecule has 106 valence electrons. The summed E-state index contributed by atoms with van der Waals surface area (Å²) in [5.74, 6) is 2.06. The van der Waals surface area contributed by atoms with Crippen LogP contribution in [0.1, 0.15) is 33.1 Å². The van der Waals surface area contributed by atoms with Crippen molar-refractivity contribution >= 4 is 11.7 Å². The summed E-state index contributed by atoms with van der Waals surface area (Å²) in [7, 11) is 0. The second-order valence-electron chi connectivity index (χ2n) is 5.75. The van der Waals surface area contributed by atoms with Crippen LogP contribution in [0.15, 0.2) is 12.3 Å². The molecule has 1 atom stereocenters. The molecule has 19 heavy (non-hydrogen) atoms. The lowest BCUT2D eigenvalue weighted by Gasteiger charge is -2.21. The van der Waals surface area contributed by atoms with Gasteiger partial charge in [-0.05, 0) is 37.2 Å². The predicted octanol–water partition coefficient (Wildman–Crippen LogP) is 1.75. The first-order chi connectivity index (χ1) is 9.06. The Hall–Kier alpha value is -1.52. The van der Waals surface area contributed by atoms with Gasteiger partial charge in [0.1, 0.15) is 12.4 Å². The van der Waals surface area contributed by atoms with Crippen molar-refractivity contribution in [1.29, 1.82) is 0 Å². The largest absolute Gasteiger partial charge is 0.382 e. The van der Waals surface area contributed by atoms with Gasteiger partial charge in [0.05, 0.1) is 0 Å². The summed E-state index contributed by atoms with van der Waals surface area (Å²) in [6, 6.07) is 1.71. The number of likely N-dealkylation sites (tertiary alicyclic amines) is 1. The first-order valence-electron chi connectivity index (χ1n) is 7.13. The molecule has 0 radical (unpaired) electrons. The molecule has 1 fully saturated rings. The van der Waals surface area contributed by atoms with Gasteiger partial charge in [0.2, 0.25) is 5.91 Å². The Morgan fingerprint density at radius 1 is 1.47 bits per heavy atom. The van der Waals surface area contributed by atoms with Crippen molar-refractivity contribution in [3.63, 3.8) is 0 Å². The van der Waals surface area contributed by atoms with E-state index in [1.807, 2.05) is 4.90 Å². The summed E-state index contributed by atoms with van der Waals surface area (Å²) >= 11 is 0. The number of nitrogens with zero attached hydrogens (tertiary/aromatic N) is 3. The monoisotopic (exact) mass is 264 g/mol. The number of anilines is 1. The van der Waals surface area contributed by atoms with Gasteiger partial charge in [-0.1, -0.05) is 13.8 Å². The third-order valence-corrected chi connectivity index (χ3v) is 4.03. The highest BCUT2D eigenvalue weighted by molar-refractivity contribution is 5.75. The van der Waals surface area contributed by atoms with Crippen molar-refractivity contribution in [2.75, 3.05) is 18.8 Å². The van der Waals surface area contributed by atoms with Crippen molar-refractivity contribution < 1.29 is 4.79 Å².